The molecule has 90 valence electrons. The zero-order chi connectivity index (χ0) is 12.7. The van der Waals surface area contributed by atoms with Crippen LogP contribution in [0.3, 0.4) is 0 Å². The fourth-order valence-electron chi connectivity index (χ4n) is 1.39. The van der Waals surface area contributed by atoms with E-state index in [1.54, 1.807) is 44.0 Å². The van der Waals surface area contributed by atoms with E-state index in [1.807, 2.05) is 0 Å². The van der Waals surface area contributed by atoms with Crippen molar-refractivity contribution in [2.24, 2.45) is 0 Å². The van der Waals surface area contributed by atoms with Gasteiger partial charge in [-0.2, -0.15) is 0 Å². The fraction of sp³-hybridized carbons (Fsp3) is 0.462. The highest BCUT2D eigenvalue weighted by atomic mass is 16.3. The van der Waals surface area contributed by atoms with Crippen LogP contribution in [0.1, 0.15) is 20.3 Å². The maximum absolute atomic E-state index is 11.5. The molecular formula is C13H21NO2. The molecule has 1 amide bonds. The van der Waals surface area contributed by atoms with Crippen LogP contribution >= 0.6 is 0 Å². The first-order chi connectivity index (χ1) is 7.49. The van der Waals surface area contributed by atoms with Crippen LogP contribution in [-0.2, 0) is 4.79 Å². The molecular weight excluding hydrogens is 202 g/mol. The first-order valence-electron chi connectivity index (χ1n) is 5.38. The van der Waals surface area contributed by atoms with Crippen LogP contribution in [0.5, 0.6) is 0 Å². The molecule has 0 bridgehead atoms. The minimum Gasteiger partial charge on any atom is -0.386 e. The van der Waals surface area contributed by atoms with E-state index in [-0.39, 0.29) is 11.9 Å². The van der Waals surface area contributed by atoms with Crippen molar-refractivity contribution < 1.29 is 9.90 Å². The summed E-state index contributed by atoms with van der Waals surface area (Å²) in [6, 6.07) is -0.281. The lowest BCUT2D eigenvalue weighted by Crippen LogP contribution is -2.43. The van der Waals surface area contributed by atoms with E-state index in [4.69, 9.17) is 0 Å². The maximum atomic E-state index is 11.5. The van der Waals surface area contributed by atoms with E-state index in [2.05, 4.69) is 13.2 Å². The van der Waals surface area contributed by atoms with Crippen molar-refractivity contribution in [1.29, 1.82) is 0 Å². The first-order valence-corrected chi connectivity index (χ1v) is 5.38. The standard InChI is InChI=1S/C13H21NO2/c1-6-9-11(7-2)13(16)10(4)14(5)12(15)8-3/h6-7,9-10,13,16H,1-2,8H2,3-5H3. The summed E-state index contributed by atoms with van der Waals surface area (Å²) in [7, 11) is 1.69. The average molecular weight is 223 g/mol. The topological polar surface area (TPSA) is 40.5 Å². The number of amides is 1. The van der Waals surface area contributed by atoms with Gasteiger partial charge in [-0.1, -0.05) is 38.3 Å². The zero-order valence-corrected chi connectivity index (χ0v) is 10.3. The first kappa shape index (κ1) is 14.6. The van der Waals surface area contributed by atoms with Crippen LogP contribution < -0.4 is 0 Å². The smallest absolute Gasteiger partial charge is 0.222 e. The Morgan fingerprint density at radius 3 is 2.44 bits per heavy atom. The van der Waals surface area contributed by atoms with Crippen LogP contribution in [0, 0.1) is 0 Å². The number of carbonyl (C=O) groups excluding carboxylic acids is 1. The van der Waals surface area contributed by atoms with E-state index in [0.717, 1.165) is 0 Å². The van der Waals surface area contributed by atoms with E-state index in [9.17, 15) is 9.90 Å². The van der Waals surface area contributed by atoms with Crippen molar-refractivity contribution in [3.8, 4) is 0 Å². The molecule has 2 atom stereocenters. The Morgan fingerprint density at radius 2 is 2.06 bits per heavy atom. The summed E-state index contributed by atoms with van der Waals surface area (Å²) in [6.45, 7) is 10.8. The van der Waals surface area contributed by atoms with Gasteiger partial charge in [0.1, 0.15) is 0 Å². The molecule has 0 aromatic rings. The molecule has 0 spiro atoms. The second-order valence-electron chi connectivity index (χ2n) is 3.65. The van der Waals surface area contributed by atoms with Crippen LogP contribution in [0.4, 0.5) is 0 Å². The number of rotatable bonds is 6. The second kappa shape index (κ2) is 7.01. The zero-order valence-electron chi connectivity index (χ0n) is 10.3. The predicted octanol–water partition coefficient (Wildman–Crippen LogP) is 1.90. The Bertz CT molecular complexity index is 294. The van der Waals surface area contributed by atoms with Crippen LogP contribution in [0.25, 0.3) is 0 Å². The third kappa shape index (κ3) is 3.66. The quantitative estimate of drug-likeness (QED) is 0.699. The number of aliphatic hydroxyl groups is 1. The summed E-state index contributed by atoms with van der Waals surface area (Å²) in [5.74, 6) is 0.00793. The van der Waals surface area contributed by atoms with E-state index < -0.39 is 6.10 Å². The Balaban J connectivity index is 4.77. The lowest BCUT2D eigenvalue weighted by atomic mass is 10.0. The van der Waals surface area contributed by atoms with E-state index in [1.165, 1.54) is 0 Å². The monoisotopic (exact) mass is 223 g/mol. The maximum Gasteiger partial charge on any atom is 0.222 e. The predicted molar refractivity (Wildman–Crippen MR) is 67.0 cm³/mol. The van der Waals surface area contributed by atoms with Crippen LogP contribution in [0.15, 0.2) is 37.0 Å². The van der Waals surface area contributed by atoms with Gasteiger partial charge in [-0.3, -0.25) is 4.79 Å². The molecule has 0 aliphatic carbocycles. The summed E-state index contributed by atoms with van der Waals surface area (Å²) in [5, 5.41) is 10.0. The molecule has 0 saturated heterocycles. The Kier molecular flexibility index (Phi) is 6.42. The van der Waals surface area contributed by atoms with Gasteiger partial charge in [-0.05, 0) is 12.5 Å². The minimum absolute atomic E-state index is 0.00793. The second-order valence-corrected chi connectivity index (χ2v) is 3.65. The summed E-state index contributed by atoms with van der Waals surface area (Å²) in [6.07, 6.45) is 4.55. The number of allylic oxidation sites excluding steroid dienone is 2. The Labute approximate surface area is 97.8 Å². The molecule has 0 fully saturated rings. The highest BCUT2D eigenvalue weighted by molar-refractivity contribution is 5.75. The molecule has 16 heavy (non-hydrogen) atoms. The molecule has 2 unspecified atom stereocenters. The summed E-state index contributed by atoms with van der Waals surface area (Å²) in [4.78, 5) is 13.0. The van der Waals surface area contributed by atoms with Gasteiger partial charge in [0.25, 0.3) is 0 Å². The van der Waals surface area contributed by atoms with Crippen molar-refractivity contribution in [3.05, 3.63) is 37.0 Å². The molecule has 0 heterocycles. The lowest BCUT2D eigenvalue weighted by molar-refractivity contribution is -0.132. The van der Waals surface area contributed by atoms with Gasteiger partial charge in [0.15, 0.2) is 0 Å². The molecule has 0 aliphatic heterocycles. The van der Waals surface area contributed by atoms with Gasteiger partial charge >= 0.3 is 0 Å². The van der Waals surface area contributed by atoms with Gasteiger partial charge in [0.05, 0.1) is 12.1 Å². The molecule has 1 N–H and O–H groups in total. The van der Waals surface area contributed by atoms with Crippen molar-refractivity contribution in [1.82, 2.24) is 4.90 Å². The highest BCUT2D eigenvalue weighted by Crippen LogP contribution is 2.13. The molecule has 0 radical (unpaired) electrons. The van der Waals surface area contributed by atoms with Gasteiger partial charge in [-0.15, -0.1) is 0 Å². The number of hydrogen-bond donors (Lipinski definition) is 1. The normalized spacial score (nSPS) is 15.1. The number of aliphatic hydroxyl groups excluding tert-OH is 1. The molecule has 3 nitrogen and oxygen atoms in total. The largest absolute Gasteiger partial charge is 0.386 e. The van der Waals surface area contributed by atoms with Gasteiger partial charge in [0.2, 0.25) is 5.91 Å². The molecule has 0 aromatic carbocycles. The Morgan fingerprint density at radius 1 is 1.50 bits per heavy atom. The molecule has 3 heteroatoms. The molecule has 0 aliphatic rings. The van der Waals surface area contributed by atoms with Crippen molar-refractivity contribution >= 4 is 5.91 Å². The number of hydrogen-bond acceptors (Lipinski definition) is 2. The molecule has 0 rings (SSSR count). The number of nitrogens with zero attached hydrogens (tertiary/aromatic N) is 1. The SMILES string of the molecule is C=CC=C(C=C)C(O)C(C)N(C)C(=O)CC. The number of likely N-dealkylation sites (N-methyl/N-ethyl adjacent to an activating group) is 1. The fourth-order valence-corrected chi connectivity index (χ4v) is 1.39. The molecule has 0 aromatic heterocycles. The van der Waals surface area contributed by atoms with Crippen LogP contribution in [-0.4, -0.2) is 35.1 Å². The molecule has 0 saturated carbocycles. The third-order valence-electron chi connectivity index (χ3n) is 2.65. The van der Waals surface area contributed by atoms with Crippen LogP contribution in [0.2, 0.25) is 0 Å². The van der Waals surface area contributed by atoms with E-state index in [0.29, 0.717) is 12.0 Å². The van der Waals surface area contributed by atoms with E-state index >= 15 is 0 Å². The Hall–Kier alpha value is -1.35. The van der Waals surface area contributed by atoms with Crippen molar-refractivity contribution in [3.63, 3.8) is 0 Å². The van der Waals surface area contributed by atoms with Crippen molar-refractivity contribution in [2.75, 3.05) is 7.05 Å². The summed E-state index contributed by atoms with van der Waals surface area (Å²) < 4.78 is 0. The highest BCUT2D eigenvalue weighted by Gasteiger charge is 2.23. The summed E-state index contributed by atoms with van der Waals surface area (Å²) >= 11 is 0. The van der Waals surface area contributed by atoms with Crippen molar-refractivity contribution in [2.45, 2.75) is 32.4 Å². The minimum atomic E-state index is -0.740. The number of carbonyl (C=O) groups is 1. The summed E-state index contributed by atoms with van der Waals surface area (Å²) in [5.41, 5.74) is 0.665. The third-order valence-corrected chi connectivity index (χ3v) is 2.65. The lowest BCUT2D eigenvalue weighted by Gasteiger charge is -2.29. The van der Waals surface area contributed by atoms with Gasteiger partial charge in [0, 0.05) is 13.5 Å². The average Bonchev–Trinajstić information content (AvgIpc) is 2.32. The van der Waals surface area contributed by atoms with Gasteiger partial charge < -0.3 is 10.0 Å². The van der Waals surface area contributed by atoms with Gasteiger partial charge in [-0.25, -0.2) is 0 Å².